The van der Waals surface area contributed by atoms with E-state index < -0.39 is 28.5 Å². The number of thioether (sulfide) groups is 1. The van der Waals surface area contributed by atoms with Crippen LogP contribution in [0, 0.1) is 6.92 Å². The zero-order valence-electron chi connectivity index (χ0n) is 24.3. The second-order valence-electron chi connectivity index (χ2n) is 9.53. The van der Waals surface area contributed by atoms with Crippen LogP contribution in [0.25, 0.3) is 0 Å². The van der Waals surface area contributed by atoms with Crippen molar-refractivity contribution in [3.05, 3.63) is 83.9 Å². The molecule has 3 rings (SSSR count). The van der Waals surface area contributed by atoms with E-state index in [4.69, 9.17) is 4.74 Å². The minimum Gasteiger partial charge on any atom is -0.494 e. The number of hydrogen-bond donors (Lipinski definition) is 1. The molecule has 0 radical (unpaired) electrons. The molecule has 3 aromatic rings. The fourth-order valence-electron chi connectivity index (χ4n) is 4.23. The number of nitrogens with zero attached hydrogens (tertiary/aromatic N) is 2. The van der Waals surface area contributed by atoms with E-state index >= 15 is 0 Å². The minimum atomic E-state index is -4.14. The molecule has 0 spiro atoms. The lowest BCUT2D eigenvalue weighted by atomic mass is 10.1. The van der Waals surface area contributed by atoms with Crippen LogP contribution in [0.15, 0.2) is 82.6 Å². The van der Waals surface area contributed by atoms with Crippen molar-refractivity contribution in [2.75, 3.05) is 30.3 Å². The van der Waals surface area contributed by atoms with Crippen molar-refractivity contribution in [1.29, 1.82) is 0 Å². The molecular weight excluding hydrogens is 558 g/mol. The maximum Gasteiger partial charge on any atom is 0.264 e. The van der Waals surface area contributed by atoms with Crippen LogP contribution in [0.2, 0.25) is 0 Å². The Hall–Kier alpha value is -3.50. The molecule has 0 aromatic heterocycles. The predicted molar refractivity (Wildman–Crippen MR) is 165 cm³/mol. The summed E-state index contributed by atoms with van der Waals surface area (Å²) < 4.78 is 34.6. The summed E-state index contributed by atoms with van der Waals surface area (Å²) in [5, 5.41) is 2.86. The van der Waals surface area contributed by atoms with Gasteiger partial charge in [0.25, 0.3) is 10.0 Å². The molecule has 0 unspecified atom stereocenters. The van der Waals surface area contributed by atoms with Crippen molar-refractivity contribution in [3.63, 3.8) is 0 Å². The van der Waals surface area contributed by atoms with Gasteiger partial charge in [-0.3, -0.25) is 13.9 Å². The number of carbonyl (C=O) groups excluding carboxylic acids is 2. The van der Waals surface area contributed by atoms with E-state index in [2.05, 4.69) is 5.32 Å². The van der Waals surface area contributed by atoms with Crippen molar-refractivity contribution in [1.82, 2.24) is 10.2 Å². The number of nitrogens with one attached hydrogen (secondary N) is 1. The summed E-state index contributed by atoms with van der Waals surface area (Å²) in [6.45, 7) is 8.03. The average Bonchev–Trinajstić information content (AvgIpc) is 2.98. The molecule has 0 fully saturated rings. The Morgan fingerprint density at radius 1 is 0.976 bits per heavy atom. The molecule has 0 bridgehead atoms. The average molecular weight is 598 g/mol. The van der Waals surface area contributed by atoms with Gasteiger partial charge < -0.3 is 15.0 Å². The first-order chi connectivity index (χ1) is 19.6. The Balaban J connectivity index is 2.03. The second kappa shape index (κ2) is 14.9. The fraction of sp³-hybridized carbons (Fsp3) is 0.355. The van der Waals surface area contributed by atoms with Crippen molar-refractivity contribution in [2.24, 2.45) is 0 Å². The molecule has 0 heterocycles. The van der Waals surface area contributed by atoms with E-state index in [9.17, 15) is 18.0 Å². The van der Waals surface area contributed by atoms with Gasteiger partial charge in [0.1, 0.15) is 18.3 Å². The van der Waals surface area contributed by atoms with Crippen LogP contribution in [0.1, 0.15) is 38.3 Å². The molecule has 8 nitrogen and oxygen atoms in total. The van der Waals surface area contributed by atoms with Crippen LogP contribution >= 0.6 is 11.8 Å². The molecule has 0 aliphatic carbocycles. The number of rotatable bonds is 14. The molecule has 0 aliphatic rings. The van der Waals surface area contributed by atoms with Gasteiger partial charge in [0, 0.05) is 18.0 Å². The normalized spacial score (nSPS) is 11.9. The largest absolute Gasteiger partial charge is 0.494 e. The van der Waals surface area contributed by atoms with E-state index in [-0.39, 0.29) is 17.3 Å². The third kappa shape index (κ3) is 8.27. The van der Waals surface area contributed by atoms with Crippen LogP contribution in [0.4, 0.5) is 5.69 Å². The first kappa shape index (κ1) is 32.0. The predicted octanol–water partition coefficient (Wildman–Crippen LogP) is 5.25. The molecule has 3 aromatic carbocycles. The number of anilines is 1. The Morgan fingerprint density at radius 2 is 1.63 bits per heavy atom. The monoisotopic (exact) mass is 597 g/mol. The van der Waals surface area contributed by atoms with Crippen molar-refractivity contribution >= 4 is 39.3 Å². The molecule has 10 heteroatoms. The first-order valence-corrected chi connectivity index (χ1v) is 16.3. The first-order valence-electron chi connectivity index (χ1n) is 13.6. The van der Waals surface area contributed by atoms with Crippen LogP contribution in [-0.4, -0.2) is 57.1 Å². The van der Waals surface area contributed by atoms with E-state index in [0.717, 1.165) is 26.7 Å². The Bertz CT molecular complexity index is 1410. The number of carbonyl (C=O) groups is 2. The number of benzene rings is 3. The van der Waals surface area contributed by atoms with Gasteiger partial charge >= 0.3 is 0 Å². The van der Waals surface area contributed by atoms with E-state index in [1.54, 1.807) is 55.5 Å². The maximum absolute atomic E-state index is 14.0. The standard InChI is InChI=1S/C31H39N3O5S2/c1-6-20-32-31(36)24(4)33(21-25-11-9-8-10-23(25)3)30(35)22-34(26-12-14-27(15-13-26)39-7-2)41(37,38)29-18-16-28(40-5)17-19-29/h8-19,24H,6-7,20-22H2,1-5H3,(H,32,36)/t24-/m0/s1. The SMILES string of the molecule is CCCNC(=O)[C@H](C)N(Cc1ccccc1C)C(=O)CN(c1ccc(OCC)cc1)S(=O)(=O)c1ccc(SC)cc1. The molecule has 2 amide bonds. The van der Waals surface area contributed by atoms with Gasteiger partial charge in [0.15, 0.2) is 0 Å². The van der Waals surface area contributed by atoms with Gasteiger partial charge in [-0.1, -0.05) is 31.2 Å². The van der Waals surface area contributed by atoms with Gasteiger partial charge in [-0.25, -0.2) is 8.42 Å². The zero-order valence-corrected chi connectivity index (χ0v) is 25.9. The molecule has 41 heavy (non-hydrogen) atoms. The molecule has 0 saturated carbocycles. The lowest BCUT2D eigenvalue weighted by molar-refractivity contribution is -0.139. The van der Waals surface area contributed by atoms with Crippen LogP contribution in [-0.2, 0) is 26.2 Å². The van der Waals surface area contributed by atoms with Crippen molar-refractivity contribution in [3.8, 4) is 5.75 Å². The number of aryl methyl sites for hydroxylation is 1. The van der Waals surface area contributed by atoms with E-state index in [1.165, 1.54) is 16.7 Å². The van der Waals surface area contributed by atoms with Crippen LogP contribution in [0.3, 0.4) is 0 Å². The highest BCUT2D eigenvalue weighted by Crippen LogP contribution is 2.28. The lowest BCUT2D eigenvalue weighted by Crippen LogP contribution is -2.51. The number of amides is 2. The quantitative estimate of drug-likeness (QED) is 0.255. The third-order valence-electron chi connectivity index (χ3n) is 6.68. The maximum atomic E-state index is 14.0. The summed E-state index contributed by atoms with van der Waals surface area (Å²) in [5.74, 6) is -0.200. The van der Waals surface area contributed by atoms with Gasteiger partial charge in [-0.2, -0.15) is 0 Å². The Kier molecular flexibility index (Phi) is 11.7. The van der Waals surface area contributed by atoms with E-state index in [0.29, 0.717) is 24.6 Å². The summed E-state index contributed by atoms with van der Waals surface area (Å²) >= 11 is 1.51. The molecule has 0 aliphatic heterocycles. The second-order valence-corrected chi connectivity index (χ2v) is 12.3. The summed E-state index contributed by atoms with van der Waals surface area (Å²) in [5.41, 5.74) is 2.16. The summed E-state index contributed by atoms with van der Waals surface area (Å²) in [4.78, 5) is 29.5. The van der Waals surface area contributed by atoms with Crippen LogP contribution in [0.5, 0.6) is 5.75 Å². The molecule has 1 atom stereocenters. The molecule has 1 N–H and O–H groups in total. The fourth-order valence-corrected chi connectivity index (χ4v) is 6.05. The topological polar surface area (TPSA) is 96.0 Å². The summed E-state index contributed by atoms with van der Waals surface area (Å²) in [6, 6.07) is 20.0. The lowest BCUT2D eigenvalue weighted by Gasteiger charge is -2.32. The van der Waals surface area contributed by atoms with Gasteiger partial charge in [-0.05, 0) is 93.1 Å². The molecule has 220 valence electrons. The summed E-state index contributed by atoms with van der Waals surface area (Å²) in [6.07, 6.45) is 2.67. The number of sulfonamides is 1. The van der Waals surface area contributed by atoms with Gasteiger partial charge in [0.2, 0.25) is 11.8 Å². The Labute approximate surface area is 248 Å². The smallest absolute Gasteiger partial charge is 0.264 e. The van der Waals surface area contributed by atoms with Crippen LogP contribution < -0.4 is 14.4 Å². The number of ether oxygens (including phenoxy) is 1. The van der Waals surface area contributed by atoms with Gasteiger partial charge in [0.05, 0.1) is 17.2 Å². The number of hydrogen-bond acceptors (Lipinski definition) is 6. The minimum absolute atomic E-state index is 0.0659. The zero-order chi connectivity index (χ0) is 30.0. The third-order valence-corrected chi connectivity index (χ3v) is 9.21. The highest BCUT2D eigenvalue weighted by molar-refractivity contribution is 7.98. The Morgan fingerprint density at radius 3 is 2.22 bits per heavy atom. The van der Waals surface area contributed by atoms with Crippen molar-refractivity contribution in [2.45, 2.75) is 56.5 Å². The highest BCUT2D eigenvalue weighted by Gasteiger charge is 2.32. The molecular formula is C31H39N3O5S2. The van der Waals surface area contributed by atoms with Gasteiger partial charge in [-0.15, -0.1) is 11.8 Å². The van der Waals surface area contributed by atoms with E-state index in [1.807, 2.05) is 51.3 Å². The summed E-state index contributed by atoms with van der Waals surface area (Å²) in [7, 11) is -4.14. The van der Waals surface area contributed by atoms with Crippen molar-refractivity contribution < 1.29 is 22.7 Å². The molecule has 0 saturated heterocycles. The highest BCUT2D eigenvalue weighted by atomic mass is 32.2.